The first-order chi connectivity index (χ1) is 7.65. The highest BCUT2D eigenvalue weighted by molar-refractivity contribution is 6.28. The molecule has 16 heavy (non-hydrogen) atoms. The van der Waals surface area contributed by atoms with E-state index in [0.29, 0.717) is 10.9 Å². The van der Waals surface area contributed by atoms with E-state index < -0.39 is 0 Å². The Morgan fingerprint density at radius 2 is 2.12 bits per heavy atom. The van der Waals surface area contributed by atoms with E-state index >= 15 is 0 Å². The van der Waals surface area contributed by atoms with Crippen LogP contribution < -0.4 is 10.9 Å². The van der Waals surface area contributed by atoms with Crippen LogP contribution in [0.15, 0.2) is 29.1 Å². The molecule has 0 amide bonds. The molecular formula is C11H12ClN3O. The zero-order valence-electron chi connectivity index (χ0n) is 9.07. The monoisotopic (exact) mass is 237 g/mol. The number of fused-ring (bicyclic) bond motifs is 1. The Morgan fingerprint density at radius 3 is 2.81 bits per heavy atom. The Morgan fingerprint density at radius 1 is 1.44 bits per heavy atom. The number of nitrogens with one attached hydrogen (secondary N) is 1. The summed E-state index contributed by atoms with van der Waals surface area (Å²) < 4.78 is 1.43. The maximum absolute atomic E-state index is 12.1. The van der Waals surface area contributed by atoms with Gasteiger partial charge in [0.15, 0.2) is 0 Å². The maximum Gasteiger partial charge on any atom is 0.263 e. The number of nitrogens with zero attached hydrogens (tertiary/aromatic N) is 2. The Labute approximate surface area is 97.9 Å². The van der Waals surface area contributed by atoms with Crippen LogP contribution in [0.25, 0.3) is 10.9 Å². The van der Waals surface area contributed by atoms with Crippen molar-refractivity contribution in [2.75, 3.05) is 7.05 Å². The molecule has 5 heteroatoms. The fraction of sp³-hybridized carbons (Fsp3) is 0.273. The molecule has 2 rings (SSSR count). The van der Waals surface area contributed by atoms with Crippen molar-refractivity contribution >= 4 is 22.5 Å². The van der Waals surface area contributed by atoms with E-state index in [0.717, 1.165) is 0 Å². The van der Waals surface area contributed by atoms with Gasteiger partial charge in [0.1, 0.15) is 0 Å². The molecule has 0 radical (unpaired) electrons. The van der Waals surface area contributed by atoms with Crippen LogP contribution in [0.5, 0.6) is 0 Å². The normalized spacial score (nSPS) is 12.9. The molecule has 1 atom stereocenters. The molecule has 84 valence electrons. The summed E-state index contributed by atoms with van der Waals surface area (Å²) in [5, 5.41) is 3.74. The van der Waals surface area contributed by atoms with Gasteiger partial charge in [-0.2, -0.15) is 0 Å². The molecule has 1 aromatic heterocycles. The highest BCUT2D eigenvalue weighted by Gasteiger charge is 2.12. The minimum Gasteiger partial charge on any atom is -0.300 e. The van der Waals surface area contributed by atoms with Crippen molar-refractivity contribution < 1.29 is 0 Å². The van der Waals surface area contributed by atoms with Crippen molar-refractivity contribution in [1.82, 2.24) is 14.9 Å². The van der Waals surface area contributed by atoms with Crippen molar-refractivity contribution in [2.45, 2.75) is 13.1 Å². The van der Waals surface area contributed by atoms with E-state index in [-0.39, 0.29) is 17.0 Å². The van der Waals surface area contributed by atoms with Crippen LogP contribution in [0.4, 0.5) is 0 Å². The van der Waals surface area contributed by atoms with Crippen LogP contribution in [0.1, 0.15) is 13.1 Å². The molecule has 0 saturated heterocycles. The second kappa shape index (κ2) is 4.23. The molecule has 1 aromatic carbocycles. The van der Waals surface area contributed by atoms with E-state index in [4.69, 9.17) is 11.6 Å². The topological polar surface area (TPSA) is 46.9 Å². The summed E-state index contributed by atoms with van der Waals surface area (Å²) in [5.41, 5.74) is 0.495. The summed E-state index contributed by atoms with van der Waals surface area (Å²) in [6.07, 6.45) is -0.183. The van der Waals surface area contributed by atoms with Gasteiger partial charge in [0.05, 0.1) is 17.1 Å². The third-order valence-electron chi connectivity index (χ3n) is 2.57. The van der Waals surface area contributed by atoms with E-state index in [9.17, 15) is 4.79 Å². The fourth-order valence-corrected chi connectivity index (χ4v) is 1.90. The van der Waals surface area contributed by atoms with Crippen molar-refractivity contribution in [2.24, 2.45) is 0 Å². The van der Waals surface area contributed by atoms with Gasteiger partial charge in [-0.05, 0) is 37.7 Å². The standard InChI is InChI=1S/C11H12ClN3O/c1-7(13-2)15-10(16)8-5-3-4-6-9(8)14-11(15)12/h3-7,13H,1-2H3. The first-order valence-corrected chi connectivity index (χ1v) is 5.37. The largest absolute Gasteiger partial charge is 0.300 e. The lowest BCUT2D eigenvalue weighted by molar-refractivity contribution is 0.461. The quantitative estimate of drug-likeness (QED) is 0.810. The van der Waals surface area contributed by atoms with Gasteiger partial charge >= 0.3 is 0 Å². The summed E-state index contributed by atoms with van der Waals surface area (Å²) in [7, 11) is 1.77. The van der Waals surface area contributed by atoms with Gasteiger partial charge < -0.3 is 5.32 Å². The van der Waals surface area contributed by atoms with Gasteiger partial charge in [-0.3, -0.25) is 9.36 Å². The summed E-state index contributed by atoms with van der Waals surface area (Å²) in [5.74, 6) is 0. The maximum atomic E-state index is 12.1. The van der Waals surface area contributed by atoms with Gasteiger partial charge in [-0.25, -0.2) is 4.98 Å². The van der Waals surface area contributed by atoms with Crippen LogP contribution in [0, 0.1) is 0 Å². The molecule has 1 unspecified atom stereocenters. The zero-order chi connectivity index (χ0) is 11.7. The Balaban J connectivity index is 2.81. The lowest BCUT2D eigenvalue weighted by Crippen LogP contribution is -2.31. The first kappa shape index (κ1) is 11.1. The number of hydrogen-bond donors (Lipinski definition) is 1. The van der Waals surface area contributed by atoms with Crippen LogP contribution in [-0.2, 0) is 0 Å². The molecule has 4 nitrogen and oxygen atoms in total. The molecule has 0 bridgehead atoms. The number of aromatic nitrogens is 2. The first-order valence-electron chi connectivity index (χ1n) is 4.99. The van der Waals surface area contributed by atoms with Gasteiger partial charge in [-0.15, -0.1) is 0 Å². The lowest BCUT2D eigenvalue weighted by atomic mass is 10.2. The number of halogens is 1. The van der Waals surface area contributed by atoms with E-state index in [1.54, 1.807) is 19.2 Å². The van der Waals surface area contributed by atoms with Crippen LogP contribution in [0.3, 0.4) is 0 Å². The number of rotatable bonds is 2. The van der Waals surface area contributed by atoms with Crippen molar-refractivity contribution in [3.8, 4) is 0 Å². The van der Waals surface area contributed by atoms with Crippen LogP contribution >= 0.6 is 11.6 Å². The number of hydrogen-bond acceptors (Lipinski definition) is 3. The lowest BCUT2D eigenvalue weighted by Gasteiger charge is -2.15. The van der Waals surface area contributed by atoms with E-state index in [2.05, 4.69) is 10.3 Å². The molecule has 1 N–H and O–H groups in total. The zero-order valence-corrected chi connectivity index (χ0v) is 9.82. The van der Waals surface area contributed by atoms with Gasteiger partial charge in [0.2, 0.25) is 5.28 Å². The summed E-state index contributed by atoms with van der Waals surface area (Å²) in [4.78, 5) is 16.3. The number of benzene rings is 1. The molecule has 0 saturated carbocycles. The summed E-state index contributed by atoms with van der Waals surface area (Å²) >= 11 is 5.99. The summed E-state index contributed by atoms with van der Waals surface area (Å²) in [6.45, 7) is 1.85. The van der Waals surface area contributed by atoms with Gasteiger partial charge in [-0.1, -0.05) is 12.1 Å². The van der Waals surface area contributed by atoms with Crippen molar-refractivity contribution in [3.63, 3.8) is 0 Å². The fourth-order valence-electron chi connectivity index (χ4n) is 1.58. The Kier molecular flexibility index (Phi) is 2.94. The molecule has 0 aliphatic rings. The molecule has 2 aromatic rings. The second-order valence-electron chi connectivity index (χ2n) is 3.54. The summed E-state index contributed by atoms with van der Waals surface area (Å²) in [6, 6.07) is 7.17. The molecule has 0 aliphatic carbocycles. The SMILES string of the molecule is CNC(C)n1c(Cl)nc2ccccc2c1=O. The van der Waals surface area contributed by atoms with Crippen LogP contribution in [-0.4, -0.2) is 16.6 Å². The third kappa shape index (κ3) is 1.70. The van der Waals surface area contributed by atoms with Crippen molar-refractivity contribution in [1.29, 1.82) is 0 Å². The highest BCUT2D eigenvalue weighted by atomic mass is 35.5. The molecule has 1 heterocycles. The smallest absolute Gasteiger partial charge is 0.263 e. The van der Waals surface area contributed by atoms with Gasteiger partial charge in [0.25, 0.3) is 5.56 Å². The second-order valence-corrected chi connectivity index (χ2v) is 3.88. The van der Waals surface area contributed by atoms with E-state index in [1.165, 1.54) is 4.57 Å². The van der Waals surface area contributed by atoms with Gasteiger partial charge in [0, 0.05) is 0 Å². The average Bonchev–Trinajstić information content (AvgIpc) is 2.28. The molecule has 0 spiro atoms. The van der Waals surface area contributed by atoms with E-state index in [1.807, 2.05) is 19.1 Å². The van der Waals surface area contributed by atoms with Crippen molar-refractivity contribution in [3.05, 3.63) is 39.9 Å². The minimum absolute atomic E-state index is 0.127. The Hall–Kier alpha value is -1.39. The molecular weight excluding hydrogens is 226 g/mol. The average molecular weight is 238 g/mol. The highest BCUT2D eigenvalue weighted by Crippen LogP contribution is 2.13. The Bertz CT molecular complexity index is 579. The molecule has 0 aliphatic heterocycles. The minimum atomic E-state index is -0.183. The van der Waals surface area contributed by atoms with Crippen LogP contribution in [0.2, 0.25) is 5.28 Å². The predicted octanol–water partition coefficient (Wildman–Crippen LogP) is 1.79. The predicted molar refractivity (Wildman–Crippen MR) is 64.8 cm³/mol. The number of para-hydroxylation sites is 1. The molecule has 0 fully saturated rings. The third-order valence-corrected chi connectivity index (χ3v) is 2.84.